The van der Waals surface area contributed by atoms with Crippen molar-refractivity contribution in [3.63, 3.8) is 0 Å². The predicted octanol–water partition coefficient (Wildman–Crippen LogP) is 2.78. The molecule has 3 rings (SSSR count). The van der Waals surface area contributed by atoms with Gasteiger partial charge in [0.25, 0.3) is 0 Å². The molecule has 0 aliphatic carbocycles. The van der Waals surface area contributed by atoms with Crippen molar-refractivity contribution in [1.29, 1.82) is 0 Å². The lowest BCUT2D eigenvalue weighted by Gasteiger charge is -2.25. The van der Waals surface area contributed by atoms with Crippen LogP contribution >= 0.6 is 0 Å². The van der Waals surface area contributed by atoms with E-state index in [9.17, 15) is 14.4 Å². The topological polar surface area (TPSA) is 78.9 Å². The lowest BCUT2D eigenvalue weighted by molar-refractivity contribution is -0.134. The molecule has 1 atom stereocenters. The van der Waals surface area contributed by atoms with Crippen LogP contribution in [0.4, 0.5) is 0 Å². The molecule has 0 fully saturated rings. The van der Waals surface area contributed by atoms with Crippen molar-refractivity contribution in [3.05, 3.63) is 53.6 Å². The minimum Gasteiger partial charge on any atom is -0.478 e. The van der Waals surface area contributed by atoms with Gasteiger partial charge < -0.3 is 14.2 Å². The quantitative estimate of drug-likeness (QED) is 0.631. The van der Waals surface area contributed by atoms with E-state index in [2.05, 4.69) is 0 Å². The van der Waals surface area contributed by atoms with Gasteiger partial charge in [0.05, 0.1) is 0 Å². The van der Waals surface area contributed by atoms with Gasteiger partial charge in [0.15, 0.2) is 23.4 Å². The van der Waals surface area contributed by atoms with Crippen LogP contribution in [-0.2, 0) is 20.8 Å². The summed E-state index contributed by atoms with van der Waals surface area (Å²) in [7, 11) is 0. The van der Waals surface area contributed by atoms with Crippen molar-refractivity contribution < 1.29 is 28.6 Å². The first-order valence-corrected chi connectivity index (χ1v) is 7.72. The van der Waals surface area contributed by atoms with Gasteiger partial charge in [0.2, 0.25) is 0 Å². The highest BCUT2D eigenvalue weighted by molar-refractivity contribution is 5.89. The third-order valence-corrected chi connectivity index (χ3v) is 3.65. The Bertz CT molecular complexity index is 855. The molecule has 1 unspecified atom stereocenters. The van der Waals surface area contributed by atoms with Gasteiger partial charge in [-0.1, -0.05) is 24.3 Å². The Morgan fingerprint density at radius 3 is 2.40 bits per heavy atom. The number of Topliss-reactive ketones (excluding diaryl/α,β-unsaturated/α-hetero) is 1. The maximum absolute atomic E-state index is 12.4. The van der Waals surface area contributed by atoms with Gasteiger partial charge in [0.1, 0.15) is 5.75 Å². The minimum absolute atomic E-state index is 0.0652. The Morgan fingerprint density at radius 2 is 1.68 bits per heavy atom. The molecule has 0 spiro atoms. The van der Waals surface area contributed by atoms with Crippen LogP contribution in [0, 0.1) is 0 Å². The molecule has 0 radical (unpaired) electrons. The summed E-state index contributed by atoms with van der Waals surface area (Å²) in [5.74, 6) is -0.393. The summed E-state index contributed by atoms with van der Waals surface area (Å²) in [5.41, 5.74) is 1.35. The molecule has 0 aromatic heterocycles. The molecule has 0 saturated carbocycles. The van der Waals surface area contributed by atoms with Crippen molar-refractivity contribution in [3.8, 4) is 17.2 Å². The lowest BCUT2D eigenvalue weighted by Crippen LogP contribution is -2.25. The first kappa shape index (κ1) is 16.7. The second-order valence-corrected chi connectivity index (χ2v) is 5.64. The fourth-order valence-corrected chi connectivity index (χ4v) is 2.65. The molecule has 1 aliphatic heterocycles. The normalized spacial score (nSPS) is 15.8. The third kappa shape index (κ3) is 3.68. The zero-order valence-corrected chi connectivity index (χ0v) is 13.8. The second-order valence-electron chi connectivity index (χ2n) is 5.64. The van der Waals surface area contributed by atoms with Gasteiger partial charge in [-0.25, -0.2) is 0 Å². The summed E-state index contributed by atoms with van der Waals surface area (Å²) < 4.78 is 15.9. The molecule has 0 N–H and O–H groups in total. The molecule has 0 bridgehead atoms. The number of fused-ring (bicyclic) bond motifs is 1. The standard InChI is InChI=1S/C19H16O6/c1-11(20)23-17-8-7-14(10-18(17)24-12(2)21)19-15(22)9-13-5-3-4-6-16(13)25-19/h3-8,10,19H,9H2,1-2H3. The molecular weight excluding hydrogens is 324 g/mol. The van der Waals surface area contributed by atoms with Gasteiger partial charge in [-0.05, 0) is 18.2 Å². The fourth-order valence-electron chi connectivity index (χ4n) is 2.65. The molecule has 6 heteroatoms. The molecule has 25 heavy (non-hydrogen) atoms. The fraction of sp³-hybridized carbons (Fsp3) is 0.211. The molecule has 2 aromatic carbocycles. The highest BCUT2D eigenvalue weighted by atomic mass is 16.6. The monoisotopic (exact) mass is 340 g/mol. The highest BCUT2D eigenvalue weighted by Gasteiger charge is 2.30. The van der Waals surface area contributed by atoms with Gasteiger partial charge in [-0.2, -0.15) is 0 Å². The third-order valence-electron chi connectivity index (χ3n) is 3.65. The van der Waals surface area contributed by atoms with Crippen LogP contribution in [0.25, 0.3) is 0 Å². The predicted molar refractivity (Wildman–Crippen MR) is 87.6 cm³/mol. The largest absolute Gasteiger partial charge is 0.478 e. The van der Waals surface area contributed by atoms with Gasteiger partial charge >= 0.3 is 11.9 Å². The summed E-state index contributed by atoms with van der Waals surface area (Å²) in [5, 5.41) is 0. The van der Waals surface area contributed by atoms with Gasteiger partial charge in [0, 0.05) is 31.4 Å². The number of hydrogen-bond donors (Lipinski definition) is 0. The van der Waals surface area contributed by atoms with Gasteiger partial charge in [-0.15, -0.1) is 0 Å². The Balaban J connectivity index is 1.95. The van der Waals surface area contributed by atoms with Crippen molar-refractivity contribution in [2.45, 2.75) is 26.4 Å². The number of benzene rings is 2. The van der Waals surface area contributed by atoms with Crippen LogP contribution in [0.1, 0.15) is 31.1 Å². The van der Waals surface area contributed by atoms with E-state index in [1.807, 2.05) is 18.2 Å². The maximum Gasteiger partial charge on any atom is 0.308 e. The average molecular weight is 340 g/mol. The average Bonchev–Trinajstić information content (AvgIpc) is 2.55. The number of ketones is 1. The van der Waals surface area contributed by atoms with Crippen molar-refractivity contribution >= 4 is 17.7 Å². The first-order chi connectivity index (χ1) is 11.9. The Labute approximate surface area is 144 Å². The van der Waals surface area contributed by atoms with Crippen LogP contribution in [0.3, 0.4) is 0 Å². The van der Waals surface area contributed by atoms with E-state index in [-0.39, 0.29) is 23.7 Å². The maximum atomic E-state index is 12.4. The second kappa shape index (κ2) is 6.76. The molecule has 0 saturated heterocycles. The zero-order chi connectivity index (χ0) is 18.0. The minimum atomic E-state index is -0.810. The Kier molecular flexibility index (Phi) is 4.52. The van der Waals surface area contributed by atoms with Crippen LogP contribution < -0.4 is 14.2 Å². The summed E-state index contributed by atoms with van der Waals surface area (Å²) in [4.78, 5) is 34.9. The molecule has 0 amide bonds. The highest BCUT2D eigenvalue weighted by Crippen LogP contribution is 2.36. The van der Waals surface area contributed by atoms with E-state index in [0.717, 1.165) is 5.56 Å². The first-order valence-electron chi connectivity index (χ1n) is 7.72. The number of ether oxygens (including phenoxy) is 3. The van der Waals surface area contributed by atoms with E-state index < -0.39 is 18.0 Å². The van der Waals surface area contributed by atoms with Crippen LogP contribution in [0.2, 0.25) is 0 Å². The Morgan fingerprint density at radius 1 is 1.00 bits per heavy atom. The molecule has 1 aliphatic rings. The van der Waals surface area contributed by atoms with Crippen LogP contribution in [-0.4, -0.2) is 17.7 Å². The summed E-state index contributed by atoms with van der Waals surface area (Å²) in [6.07, 6.45) is -0.550. The summed E-state index contributed by atoms with van der Waals surface area (Å²) >= 11 is 0. The molecular formula is C19H16O6. The number of hydrogen-bond acceptors (Lipinski definition) is 6. The Hall–Kier alpha value is -3.15. The van der Waals surface area contributed by atoms with Crippen molar-refractivity contribution in [2.75, 3.05) is 0 Å². The molecule has 6 nitrogen and oxygen atoms in total. The number of para-hydroxylation sites is 1. The number of carbonyl (C=O) groups excluding carboxylic acids is 3. The van der Waals surface area contributed by atoms with E-state index in [4.69, 9.17) is 14.2 Å². The number of esters is 2. The SMILES string of the molecule is CC(=O)Oc1ccc(C2Oc3ccccc3CC2=O)cc1OC(C)=O. The van der Waals surface area contributed by atoms with E-state index in [1.165, 1.54) is 26.0 Å². The van der Waals surface area contributed by atoms with E-state index in [0.29, 0.717) is 11.3 Å². The van der Waals surface area contributed by atoms with Crippen molar-refractivity contribution in [1.82, 2.24) is 0 Å². The van der Waals surface area contributed by atoms with E-state index in [1.54, 1.807) is 12.1 Å². The number of rotatable bonds is 3. The molecule has 128 valence electrons. The molecule has 2 aromatic rings. The molecule has 1 heterocycles. The van der Waals surface area contributed by atoms with Crippen LogP contribution in [0.15, 0.2) is 42.5 Å². The summed E-state index contributed by atoms with van der Waals surface area (Å²) in [6.45, 7) is 2.49. The van der Waals surface area contributed by atoms with Gasteiger partial charge in [-0.3, -0.25) is 14.4 Å². The van der Waals surface area contributed by atoms with Crippen LogP contribution in [0.5, 0.6) is 17.2 Å². The lowest BCUT2D eigenvalue weighted by atomic mass is 9.96. The van der Waals surface area contributed by atoms with E-state index >= 15 is 0 Å². The zero-order valence-electron chi connectivity index (χ0n) is 13.8. The number of carbonyl (C=O) groups is 3. The smallest absolute Gasteiger partial charge is 0.308 e. The van der Waals surface area contributed by atoms with Crippen molar-refractivity contribution in [2.24, 2.45) is 0 Å². The summed E-state index contributed by atoms with van der Waals surface area (Å²) in [6, 6.07) is 11.9.